The van der Waals surface area contributed by atoms with Crippen molar-refractivity contribution in [3.63, 3.8) is 0 Å². The molecule has 2 amide bonds. The van der Waals surface area contributed by atoms with E-state index in [9.17, 15) is 24.3 Å². The van der Waals surface area contributed by atoms with E-state index in [1.165, 1.54) is 24.2 Å². The van der Waals surface area contributed by atoms with Crippen molar-refractivity contribution in [3.8, 4) is 11.5 Å². The largest absolute Gasteiger partial charge is 0.508 e. The third-order valence-electron chi connectivity index (χ3n) is 8.29. The summed E-state index contributed by atoms with van der Waals surface area (Å²) >= 11 is 9.54. The first-order chi connectivity index (χ1) is 18.6. The van der Waals surface area contributed by atoms with Gasteiger partial charge in [0.2, 0.25) is 11.8 Å². The van der Waals surface area contributed by atoms with Crippen LogP contribution in [0.5, 0.6) is 11.5 Å². The average Bonchev–Trinajstić information content (AvgIpc) is 3.18. The Hall–Kier alpha value is -3.49. The number of halogens is 2. The third-order valence-corrected chi connectivity index (χ3v) is 9.29. The van der Waals surface area contributed by atoms with Crippen LogP contribution >= 0.6 is 27.5 Å². The monoisotopic (exact) mass is 607 g/mol. The van der Waals surface area contributed by atoms with Gasteiger partial charge in [-0.2, -0.15) is 0 Å². The van der Waals surface area contributed by atoms with Gasteiger partial charge >= 0.3 is 0 Å². The number of allylic oxidation sites excluding steroid dienone is 6. The molecule has 1 saturated heterocycles. The number of hydrogen-bond acceptors (Lipinski definition) is 6. The van der Waals surface area contributed by atoms with Crippen LogP contribution in [-0.4, -0.2) is 35.6 Å². The van der Waals surface area contributed by atoms with Gasteiger partial charge in [0, 0.05) is 33.7 Å². The third kappa shape index (κ3) is 3.84. The number of benzene rings is 2. The lowest BCUT2D eigenvalue weighted by Crippen LogP contribution is -2.39. The van der Waals surface area contributed by atoms with E-state index in [-0.39, 0.29) is 45.6 Å². The number of ether oxygens (including phenoxy) is 1. The number of nitrogens with zero attached hydrogens (tertiary/aromatic N) is 1. The van der Waals surface area contributed by atoms with E-state index in [1.807, 2.05) is 13.0 Å². The highest BCUT2D eigenvalue weighted by Gasteiger charge is 2.57. The van der Waals surface area contributed by atoms with E-state index in [1.54, 1.807) is 30.3 Å². The molecular formula is C30H23BrClNO6. The lowest BCUT2D eigenvalue weighted by molar-refractivity contribution is -0.123. The zero-order chi connectivity index (χ0) is 27.7. The van der Waals surface area contributed by atoms with E-state index in [2.05, 4.69) is 15.9 Å². The summed E-state index contributed by atoms with van der Waals surface area (Å²) in [6.45, 7) is 1.84. The van der Waals surface area contributed by atoms with Gasteiger partial charge in [-0.3, -0.25) is 19.2 Å². The maximum Gasteiger partial charge on any atom is 0.238 e. The number of rotatable bonds is 3. The van der Waals surface area contributed by atoms with Gasteiger partial charge in [0.25, 0.3) is 0 Å². The molecule has 2 aromatic rings. The maximum atomic E-state index is 14.0. The Bertz CT molecular complexity index is 1600. The first-order valence-electron chi connectivity index (χ1n) is 12.5. The Balaban J connectivity index is 1.50. The highest BCUT2D eigenvalue weighted by molar-refractivity contribution is 9.12. The Morgan fingerprint density at radius 1 is 1.05 bits per heavy atom. The van der Waals surface area contributed by atoms with Gasteiger partial charge in [-0.1, -0.05) is 29.3 Å². The molecule has 9 heteroatoms. The zero-order valence-electron chi connectivity index (χ0n) is 21.0. The van der Waals surface area contributed by atoms with Crippen LogP contribution in [0.15, 0.2) is 69.8 Å². The lowest BCUT2D eigenvalue weighted by Gasteiger charge is -2.42. The first-order valence-corrected chi connectivity index (χ1v) is 13.7. The van der Waals surface area contributed by atoms with E-state index < -0.39 is 23.7 Å². The molecule has 1 N–H and O–H groups in total. The normalized spacial score (nSPS) is 26.2. The highest BCUT2D eigenvalue weighted by Crippen LogP contribution is 2.56. The topological polar surface area (TPSA) is 101 Å². The van der Waals surface area contributed by atoms with Gasteiger partial charge in [0.15, 0.2) is 11.6 Å². The number of methoxy groups -OCH3 is 1. The maximum absolute atomic E-state index is 14.0. The fraction of sp³-hybridized carbons (Fsp3) is 0.267. The van der Waals surface area contributed by atoms with Crippen molar-refractivity contribution in [2.24, 2.45) is 17.8 Å². The summed E-state index contributed by atoms with van der Waals surface area (Å²) < 4.78 is 5.53. The molecule has 4 atom stereocenters. The number of anilines is 1. The average molecular weight is 609 g/mol. The quantitative estimate of drug-likeness (QED) is 0.287. The fourth-order valence-electron chi connectivity index (χ4n) is 6.43. The zero-order valence-corrected chi connectivity index (χ0v) is 23.4. The molecule has 2 aromatic carbocycles. The summed E-state index contributed by atoms with van der Waals surface area (Å²) in [7, 11) is 1.50. The van der Waals surface area contributed by atoms with Crippen LogP contribution in [0.1, 0.15) is 29.9 Å². The second-order valence-corrected chi connectivity index (χ2v) is 11.5. The Morgan fingerprint density at radius 3 is 2.54 bits per heavy atom. The smallest absolute Gasteiger partial charge is 0.238 e. The van der Waals surface area contributed by atoms with Crippen LogP contribution < -0.4 is 9.64 Å². The molecule has 7 nitrogen and oxygen atoms in total. The number of ketones is 2. The predicted molar refractivity (Wildman–Crippen MR) is 148 cm³/mol. The number of amides is 2. The highest BCUT2D eigenvalue weighted by atomic mass is 79.9. The molecule has 4 aliphatic rings. The predicted octanol–water partition coefficient (Wildman–Crippen LogP) is 5.33. The summed E-state index contributed by atoms with van der Waals surface area (Å²) in [5, 5.41) is 11.4. The number of Topliss-reactive ketones (excluding diaryl/α,β-unsaturated/α-hetero) is 1. The molecule has 0 bridgehead atoms. The number of carbonyl (C=O) groups is 4. The SMILES string of the molecule is COc1ccc(O)c(C2C3=CCC4C(=O)N(c5ccc(C)c(Cl)c5)C(=O)C4C3CC3=C2C(=O)C=C(Br)C3=O)c1. The summed E-state index contributed by atoms with van der Waals surface area (Å²) in [6, 6.07) is 9.81. The number of carbonyl (C=O) groups excluding carboxylic acids is 4. The summed E-state index contributed by atoms with van der Waals surface area (Å²) in [6.07, 6.45) is 3.59. The van der Waals surface area contributed by atoms with Gasteiger partial charge in [-0.15, -0.1) is 0 Å². The van der Waals surface area contributed by atoms with Crippen LogP contribution in [0.2, 0.25) is 5.02 Å². The number of hydrogen-bond donors (Lipinski definition) is 1. The van der Waals surface area contributed by atoms with E-state index in [0.29, 0.717) is 34.0 Å². The van der Waals surface area contributed by atoms with E-state index in [4.69, 9.17) is 16.3 Å². The van der Waals surface area contributed by atoms with Gasteiger partial charge < -0.3 is 9.84 Å². The van der Waals surface area contributed by atoms with Crippen molar-refractivity contribution >= 4 is 56.6 Å². The number of fused-ring (bicyclic) bond motifs is 3. The molecule has 1 aliphatic heterocycles. The minimum Gasteiger partial charge on any atom is -0.508 e. The summed E-state index contributed by atoms with van der Waals surface area (Å²) in [4.78, 5) is 55.4. The molecule has 39 heavy (non-hydrogen) atoms. The van der Waals surface area contributed by atoms with Crippen LogP contribution in [0.25, 0.3) is 0 Å². The molecular weight excluding hydrogens is 586 g/mol. The van der Waals surface area contributed by atoms with Crippen molar-refractivity contribution in [2.75, 3.05) is 12.0 Å². The summed E-state index contributed by atoms with van der Waals surface area (Å²) in [5.41, 5.74) is 2.96. The Morgan fingerprint density at radius 2 is 1.82 bits per heavy atom. The lowest BCUT2D eigenvalue weighted by atomic mass is 9.59. The van der Waals surface area contributed by atoms with Gasteiger partial charge in [0.1, 0.15) is 11.5 Å². The Kier molecular flexibility index (Phi) is 6.15. The van der Waals surface area contributed by atoms with Crippen molar-refractivity contribution in [1.82, 2.24) is 0 Å². The molecule has 0 saturated carbocycles. The van der Waals surface area contributed by atoms with Crippen LogP contribution in [0.4, 0.5) is 5.69 Å². The molecule has 0 spiro atoms. The molecule has 0 aromatic heterocycles. The van der Waals surface area contributed by atoms with Crippen molar-refractivity contribution < 1.29 is 29.0 Å². The molecule has 1 heterocycles. The summed E-state index contributed by atoms with van der Waals surface area (Å²) in [5.74, 6) is -3.56. The van der Waals surface area contributed by atoms with E-state index >= 15 is 0 Å². The van der Waals surface area contributed by atoms with Crippen molar-refractivity contribution in [3.05, 3.63) is 85.9 Å². The first kappa shape index (κ1) is 25.8. The van der Waals surface area contributed by atoms with Crippen LogP contribution in [0.3, 0.4) is 0 Å². The standard InChI is InChI=1S/C30H23BrClNO6/c1-13-3-4-14(9-22(13)32)33-29(37)17-7-6-16-18(26(17)30(33)38)11-20-27(24(35)12-21(31)28(20)36)25(16)19-10-15(39-2)5-8-23(19)34/h3-6,8-10,12,17-18,25-26,34H,7,11H2,1-2H3. The Labute approximate surface area is 237 Å². The van der Waals surface area contributed by atoms with Gasteiger partial charge in [-0.25, -0.2) is 4.90 Å². The van der Waals surface area contributed by atoms with Crippen molar-refractivity contribution in [1.29, 1.82) is 0 Å². The van der Waals surface area contributed by atoms with Gasteiger partial charge in [0.05, 0.1) is 29.1 Å². The number of imide groups is 1. The van der Waals surface area contributed by atoms with Gasteiger partial charge in [-0.05, 0) is 77.5 Å². The molecule has 1 fully saturated rings. The molecule has 0 radical (unpaired) electrons. The molecule has 3 aliphatic carbocycles. The van der Waals surface area contributed by atoms with E-state index in [0.717, 1.165) is 11.1 Å². The van der Waals surface area contributed by atoms with Crippen LogP contribution in [-0.2, 0) is 19.2 Å². The minimum atomic E-state index is -0.770. The number of phenolic OH excluding ortho intramolecular Hbond substituents is 1. The fourth-order valence-corrected chi connectivity index (χ4v) is 7.05. The van der Waals surface area contributed by atoms with Crippen LogP contribution in [0, 0.1) is 24.7 Å². The molecule has 4 unspecified atom stereocenters. The number of aromatic hydroxyl groups is 1. The van der Waals surface area contributed by atoms with Crippen molar-refractivity contribution in [2.45, 2.75) is 25.7 Å². The second-order valence-electron chi connectivity index (χ2n) is 10.3. The number of aryl methyl sites for hydroxylation is 1. The second kappa shape index (κ2) is 9.31. The molecule has 6 rings (SSSR count). The number of phenols is 1. The minimum absolute atomic E-state index is 0.0602. The molecule has 198 valence electrons.